The molecule has 4 rings (SSSR count). The van der Waals surface area contributed by atoms with Crippen molar-refractivity contribution in [2.75, 3.05) is 25.7 Å². The Morgan fingerprint density at radius 2 is 1.58 bits per heavy atom. The molecule has 8 nitrogen and oxygen atoms in total. The molecule has 0 aliphatic carbocycles. The maximum absolute atomic E-state index is 13.7. The fourth-order valence-corrected chi connectivity index (χ4v) is 5.86. The van der Waals surface area contributed by atoms with Crippen molar-refractivity contribution in [3.05, 3.63) is 83.9 Å². The van der Waals surface area contributed by atoms with Crippen LogP contribution in [0.5, 0.6) is 11.5 Å². The summed E-state index contributed by atoms with van der Waals surface area (Å²) in [4.78, 5) is 27.5. The lowest BCUT2D eigenvalue weighted by Gasteiger charge is -2.27. The molecule has 0 saturated carbocycles. The Hall–Kier alpha value is -3.69. The number of anilines is 1. The minimum Gasteiger partial charge on any atom is -0.493 e. The molecular weight excluding hydrogens is 480 g/mol. The van der Waals surface area contributed by atoms with Gasteiger partial charge in [-0.1, -0.05) is 42.0 Å². The van der Waals surface area contributed by atoms with Gasteiger partial charge in [0.05, 0.1) is 31.2 Å². The summed E-state index contributed by atoms with van der Waals surface area (Å²) >= 11 is 0. The van der Waals surface area contributed by atoms with Crippen LogP contribution in [-0.2, 0) is 26.0 Å². The standard InChI is InChI=1S/C27H28N2O6S/c1-19-9-12-21(13-10-19)29-26(30)18-23(27(29)31)28(36(32,33)22-7-5-4-6-8-22)16-15-20-11-14-24(34-2)25(17-20)35-3/h4-14,17,23H,15-16,18H2,1-3H3. The smallest absolute Gasteiger partial charge is 0.252 e. The van der Waals surface area contributed by atoms with E-state index in [0.717, 1.165) is 20.3 Å². The van der Waals surface area contributed by atoms with Gasteiger partial charge in [-0.15, -0.1) is 0 Å². The van der Waals surface area contributed by atoms with Crippen LogP contribution in [0.15, 0.2) is 77.7 Å². The Morgan fingerprint density at radius 1 is 0.917 bits per heavy atom. The van der Waals surface area contributed by atoms with Crippen molar-refractivity contribution in [1.29, 1.82) is 0 Å². The summed E-state index contributed by atoms with van der Waals surface area (Å²) in [6.45, 7) is 1.90. The molecule has 1 fully saturated rings. The second-order valence-electron chi connectivity index (χ2n) is 8.49. The highest BCUT2D eigenvalue weighted by molar-refractivity contribution is 7.89. The van der Waals surface area contributed by atoms with Crippen LogP contribution in [0.25, 0.3) is 0 Å². The topological polar surface area (TPSA) is 93.2 Å². The quantitative estimate of drug-likeness (QED) is 0.410. The fourth-order valence-electron chi connectivity index (χ4n) is 4.25. The first-order chi connectivity index (χ1) is 17.3. The number of imide groups is 1. The van der Waals surface area contributed by atoms with Gasteiger partial charge in [0, 0.05) is 6.54 Å². The van der Waals surface area contributed by atoms with Gasteiger partial charge in [0.15, 0.2) is 11.5 Å². The van der Waals surface area contributed by atoms with Crippen LogP contribution in [0.4, 0.5) is 5.69 Å². The zero-order valence-corrected chi connectivity index (χ0v) is 21.2. The van der Waals surface area contributed by atoms with Crippen LogP contribution in [0.1, 0.15) is 17.5 Å². The first-order valence-corrected chi connectivity index (χ1v) is 12.9. The van der Waals surface area contributed by atoms with Gasteiger partial charge in [-0.25, -0.2) is 13.3 Å². The van der Waals surface area contributed by atoms with Crippen LogP contribution < -0.4 is 14.4 Å². The first kappa shape index (κ1) is 25.4. The molecule has 1 aliphatic rings. The number of rotatable bonds is 9. The SMILES string of the molecule is COc1ccc(CCN(C2CC(=O)N(c3ccc(C)cc3)C2=O)S(=O)(=O)c2ccccc2)cc1OC. The van der Waals surface area contributed by atoms with Gasteiger partial charge in [0.1, 0.15) is 6.04 Å². The van der Waals surface area contributed by atoms with E-state index in [9.17, 15) is 18.0 Å². The Balaban J connectivity index is 1.68. The summed E-state index contributed by atoms with van der Waals surface area (Å²) in [5.74, 6) is 0.0781. The molecule has 1 saturated heterocycles. The van der Waals surface area contributed by atoms with Gasteiger partial charge in [-0.2, -0.15) is 4.31 Å². The number of sulfonamides is 1. The zero-order chi connectivity index (χ0) is 25.9. The lowest BCUT2D eigenvalue weighted by Crippen LogP contribution is -2.46. The molecule has 0 spiro atoms. The van der Waals surface area contributed by atoms with Gasteiger partial charge < -0.3 is 9.47 Å². The summed E-state index contributed by atoms with van der Waals surface area (Å²) in [6.07, 6.45) is 0.0691. The minimum absolute atomic E-state index is 0.00185. The summed E-state index contributed by atoms with van der Waals surface area (Å²) in [5.41, 5.74) is 2.21. The third-order valence-corrected chi connectivity index (χ3v) is 8.10. The molecule has 1 unspecified atom stereocenters. The molecule has 0 radical (unpaired) electrons. The number of hydrogen-bond acceptors (Lipinski definition) is 6. The fraction of sp³-hybridized carbons (Fsp3) is 0.259. The summed E-state index contributed by atoms with van der Waals surface area (Å²) in [5, 5.41) is 0. The highest BCUT2D eigenvalue weighted by Gasteiger charge is 2.46. The normalized spacial score (nSPS) is 16.0. The number of aryl methyl sites for hydroxylation is 1. The predicted molar refractivity (Wildman–Crippen MR) is 136 cm³/mol. The average molecular weight is 509 g/mol. The third-order valence-electron chi connectivity index (χ3n) is 6.18. The number of methoxy groups -OCH3 is 2. The molecule has 188 valence electrons. The molecule has 3 aromatic carbocycles. The van der Waals surface area contributed by atoms with Gasteiger partial charge >= 0.3 is 0 Å². The van der Waals surface area contributed by atoms with Crippen molar-refractivity contribution in [3.63, 3.8) is 0 Å². The van der Waals surface area contributed by atoms with Crippen molar-refractivity contribution < 1.29 is 27.5 Å². The largest absolute Gasteiger partial charge is 0.493 e. The third kappa shape index (κ3) is 4.98. The van der Waals surface area contributed by atoms with Crippen LogP contribution in [0, 0.1) is 6.92 Å². The molecule has 3 aromatic rings. The molecule has 36 heavy (non-hydrogen) atoms. The molecule has 2 amide bonds. The van der Waals surface area contributed by atoms with Crippen LogP contribution in [0.3, 0.4) is 0 Å². The van der Waals surface area contributed by atoms with Crippen LogP contribution in [-0.4, -0.2) is 51.3 Å². The number of benzene rings is 3. The molecule has 1 aliphatic heterocycles. The molecular formula is C27H28N2O6S. The maximum atomic E-state index is 13.7. The van der Waals surface area contributed by atoms with Crippen LogP contribution >= 0.6 is 0 Å². The van der Waals surface area contributed by atoms with Crippen molar-refractivity contribution in [1.82, 2.24) is 4.31 Å². The second-order valence-corrected chi connectivity index (χ2v) is 10.4. The Labute approximate surface area is 211 Å². The van der Waals surface area contributed by atoms with Crippen molar-refractivity contribution in [2.45, 2.75) is 30.7 Å². The van der Waals surface area contributed by atoms with Crippen LogP contribution in [0.2, 0.25) is 0 Å². The van der Waals surface area contributed by atoms with E-state index >= 15 is 0 Å². The summed E-state index contributed by atoms with van der Waals surface area (Å²) < 4.78 is 39.2. The van der Waals surface area contributed by atoms with E-state index in [4.69, 9.17) is 9.47 Å². The molecule has 0 aromatic heterocycles. The number of ether oxygens (including phenoxy) is 2. The van der Waals surface area contributed by atoms with E-state index in [1.54, 1.807) is 54.6 Å². The molecule has 0 bridgehead atoms. The number of amides is 2. The predicted octanol–water partition coefficient (Wildman–Crippen LogP) is 3.58. The monoisotopic (exact) mass is 508 g/mol. The van der Waals surface area contributed by atoms with E-state index in [0.29, 0.717) is 23.6 Å². The van der Waals surface area contributed by atoms with E-state index in [2.05, 4.69) is 0 Å². The summed E-state index contributed by atoms with van der Waals surface area (Å²) in [6, 6.07) is 19.1. The van der Waals surface area contributed by atoms with Crippen molar-refractivity contribution >= 4 is 27.5 Å². The maximum Gasteiger partial charge on any atom is 0.252 e. The Kier molecular flexibility index (Phi) is 7.42. The second kappa shape index (κ2) is 10.5. The first-order valence-electron chi connectivity index (χ1n) is 11.5. The van der Waals surface area contributed by atoms with Gasteiger partial charge in [0.2, 0.25) is 15.9 Å². The molecule has 0 N–H and O–H groups in total. The van der Waals surface area contributed by atoms with Crippen molar-refractivity contribution in [3.8, 4) is 11.5 Å². The number of carbonyl (C=O) groups excluding carboxylic acids is 2. The van der Waals surface area contributed by atoms with Gasteiger partial charge in [-0.3, -0.25) is 9.59 Å². The molecule has 1 heterocycles. The highest BCUT2D eigenvalue weighted by atomic mass is 32.2. The average Bonchev–Trinajstić information content (AvgIpc) is 3.18. The lowest BCUT2D eigenvalue weighted by molar-refractivity contribution is -0.122. The van der Waals surface area contributed by atoms with Gasteiger partial charge in [0.25, 0.3) is 5.91 Å². The van der Waals surface area contributed by atoms with Gasteiger partial charge in [-0.05, 0) is 55.3 Å². The van der Waals surface area contributed by atoms with E-state index in [1.165, 1.54) is 26.4 Å². The minimum atomic E-state index is -4.07. The van der Waals surface area contributed by atoms with E-state index in [1.807, 2.05) is 13.0 Å². The van der Waals surface area contributed by atoms with Crippen molar-refractivity contribution in [2.24, 2.45) is 0 Å². The Morgan fingerprint density at radius 3 is 2.22 bits per heavy atom. The molecule has 1 atom stereocenters. The Bertz CT molecular complexity index is 1360. The zero-order valence-electron chi connectivity index (χ0n) is 20.4. The summed E-state index contributed by atoms with van der Waals surface area (Å²) in [7, 11) is -1.01. The van der Waals surface area contributed by atoms with E-state index < -0.39 is 27.9 Å². The number of carbonyl (C=O) groups is 2. The molecule has 9 heteroatoms. The highest BCUT2D eigenvalue weighted by Crippen LogP contribution is 2.31. The lowest BCUT2D eigenvalue weighted by atomic mass is 10.1. The van der Waals surface area contributed by atoms with E-state index in [-0.39, 0.29) is 17.9 Å². The number of hydrogen-bond donors (Lipinski definition) is 0. The number of nitrogens with zero attached hydrogens (tertiary/aromatic N) is 2.